The highest BCUT2D eigenvalue weighted by molar-refractivity contribution is 9.10. The van der Waals surface area contributed by atoms with Gasteiger partial charge in [-0.3, -0.25) is 4.79 Å². The fourth-order valence-corrected chi connectivity index (χ4v) is 2.42. The van der Waals surface area contributed by atoms with Gasteiger partial charge in [0, 0.05) is 10.9 Å². The van der Waals surface area contributed by atoms with Crippen LogP contribution in [0.1, 0.15) is 12.8 Å². The molecule has 1 heterocycles. The van der Waals surface area contributed by atoms with E-state index in [-0.39, 0.29) is 11.1 Å². The van der Waals surface area contributed by atoms with Crippen molar-refractivity contribution in [1.82, 2.24) is 10.2 Å². The summed E-state index contributed by atoms with van der Waals surface area (Å²) in [6.45, 7) is 0.390. The minimum atomic E-state index is -0.165. The van der Waals surface area contributed by atoms with Crippen LogP contribution in [0.2, 0.25) is 10.2 Å². The van der Waals surface area contributed by atoms with E-state index in [2.05, 4.69) is 31.4 Å². The van der Waals surface area contributed by atoms with E-state index in [4.69, 9.17) is 27.9 Å². The van der Waals surface area contributed by atoms with E-state index in [9.17, 15) is 4.79 Å². The van der Waals surface area contributed by atoms with Crippen molar-refractivity contribution in [3.05, 3.63) is 45.0 Å². The van der Waals surface area contributed by atoms with Gasteiger partial charge in [-0.1, -0.05) is 39.1 Å². The molecule has 2 aromatic rings. The molecular formula is C14H12BrCl2N3O2. The van der Waals surface area contributed by atoms with Crippen LogP contribution in [-0.2, 0) is 4.79 Å². The van der Waals surface area contributed by atoms with Crippen LogP contribution in [0.4, 0.5) is 5.82 Å². The monoisotopic (exact) mass is 403 g/mol. The van der Waals surface area contributed by atoms with Gasteiger partial charge in [-0.05, 0) is 36.8 Å². The van der Waals surface area contributed by atoms with E-state index in [0.717, 1.165) is 4.47 Å². The van der Waals surface area contributed by atoms with Gasteiger partial charge in [0.15, 0.2) is 11.0 Å². The zero-order chi connectivity index (χ0) is 15.9. The lowest BCUT2D eigenvalue weighted by Gasteiger charge is -2.08. The fourth-order valence-electron chi connectivity index (χ4n) is 1.60. The third-order valence-corrected chi connectivity index (χ3v) is 3.59. The number of rotatable bonds is 6. The molecule has 8 heteroatoms. The van der Waals surface area contributed by atoms with E-state index in [1.807, 2.05) is 6.07 Å². The average molecular weight is 405 g/mol. The Morgan fingerprint density at radius 1 is 1.23 bits per heavy atom. The average Bonchev–Trinajstić information content (AvgIpc) is 2.48. The SMILES string of the molecule is O=C(CCCOc1ccc(Br)cc1Cl)Nc1ccc(Cl)nn1. The summed E-state index contributed by atoms with van der Waals surface area (Å²) in [7, 11) is 0. The van der Waals surface area contributed by atoms with Gasteiger partial charge < -0.3 is 10.1 Å². The van der Waals surface area contributed by atoms with Crippen LogP contribution in [0.15, 0.2) is 34.8 Å². The van der Waals surface area contributed by atoms with E-state index in [0.29, 0.717) is 36.0 Å². The lowest BCUT2D eigenvalue weighted by atomic mass is 10.3. The third-order valence-electron chi connectivity index (χ3n) is 2.60. The highest BCUT2D eigenvalue weighted by Crippen LogP contribution is 2.27. The van der Waals surface area contributed by atoms with Crippen LogP contribution in [-0.4, -0.2) is 22.7 Å². The van der Waals surface area contributed by atoms with Crippen LogP contribution >= 0.6 is 39.1 Å². The normalized spacial score (nSPS) is 10.3. The number of nitrogens with zero attached hydrogens (tertiary/aromatic N) is 2. The number of benzene rings is 1. The van der Waals surface area contributed by atoms with Gasteiger partial charge in [0.25, 0.3) is 0 Å². The first kappa shape index (κ1) is 17.0. The Bertz CT molecular complexity index is 653. The molecule has 0 spiro atoms. The van der Waals surface area contributed by atoms with E-state index in [1.54, 1.807) is 24.3 Å². The van der Waals surface area contributed by atoms with Gasteiger partial charge in [0.05, 0.1) is 11.6 Å². The smallest absolute Gasteiger partial charge is 0.225 e. The van der Waals surface area contributed by atoms with Gasteiger partial charge in [0.1, 0.15) is 5.75 Å². The second-order valence-corrected chi connectivity index (χ2v) is 6.03. The molecule has 0 unspecified atom stereocenters. The number of amides is 1. The Kier molecular flexibility index (Phi) is 6.42. The fraction of sp³-hybridized carbons (Fsp3) is 0.214. The van der Waals surface area contributed by atoms with Crippen molar-refractivity contribution in [2.24, 2.45) is 0 Å². The molecular weight excluding hydrogens is 393 g/mol. The van der Waals surface area contributed by atoms with Gasteiger partial charge >= 0.3 is 0 Å². The van der Waals surface area contributed by atoms with Crippen molar-refractivity contribution in [2.45, 2.75) is 12.8 Å². The molecule has 1 aromatic carbocycles. The lowest BCUT2D eigenvalue weighted by molar-refractivity contribution is -0.116. The quantitative estimate of drug-likeness (QED) is 0.727. The molecule has 0 atom stereocenters. The van der Waals surface area contributed by atoms with E-state index >= 15 is 0 Å². The Hall–Kier alpha value is -1.37. The summed E-state index contributed by atoms with van der Waals surface area (Å²) in [4.78, 5) is 11.7. The summed E-state index contributed by atoms with van der Waals surface area (Å²) >= 11 is 15.0. The van der Waals surface area contributed by atoms with Gasteiger partial charge in [0.2, 0.25) is 5.91 Å². The van der Waals surface area contributed by atoms with Crippen molar-refractivity contribution in [3.8, 4) is 5.75 Å². The summed E-state index contributed by atoms with van der Waals surface area (Å²) < 4.78 is 6.41. The van der Waals surface area contributed by atoms with Crippen molar-refractivity contribution < 1.29 is 9.53 Å². The van der Waals surface area contributed by atoms with Crippen molar-refractivity contribution in [3.63, 3.8) is 0 Å². The predicted octanol–water partition coefficient (Wildman–Crippen LogP) is 4.34. The molecule has 0 aliphatic carbocycles. The summed E-state index contributed by atoms with van der Waals surface area (Å²) in [6.07, 6.45) is 0.859. The number of carbonyl (C=O) groups is 1. The largest absolute Gasteiger partial charge is 0.492 e. The van der Waals surface area contributed by atoms with Crippen LogP contribution in [0.5, 0.6) is 5.75 Å². The Morgan fingerprint density at radius 2 is 2.05 bits per heavy atom. The van der Waals surface area contributed by atoms with Crippen LogP contribution in [0, 0.1) is 0 Å². The van der Waals surface area contributed by atoms with Crippen molar-refractivity contribution >= 4 is 50.9 Å². The second kappa shape index (κ2) is 8.31. The number of nitrogens with one attached hydrogen (secondary N) is 1. The van der Waals surface area contributed by atoms with E-state index in [1.165, 1.54) is 0 Å². The minimum absolute atomic E-state index is 0.165. The Labute approximate surface area is 146 Å². The van der Waals surface area contributed by atoms with E-state index < -0.39 is 0 Å². The molecule has 0 bridgehead atoms. The van der Waals surface area contributed by atoms with Crippen LogP contribution < -0.4 is 10.1 Å². The molecule has 22 heavy (non-hydrogen) atoms. The molecule has 116 valence electrons. The van der Waals surface area contributed by atoms with Crippen molar-refractivity contribution in [1.29, 1.82) is 0 Å². The maximum Gasteiger partial charge on any atom is 0.225 e. The number of ether oxygens (including phenoxy) is 1. The van der Waals surface area contributed by atoms with Crippen LogP contribution in [0.3, 0.4) is 0 Å². The number of halogens is 3. The highest BCUT2D eigenvalue weighted by atomic mass is 79.9. The second-order valence-electron chi connectivity index (χ2n) is 4.32. The number of hydrogen-bond acceptors (Lipinski definition) is 4. The molecule has 0 aliphatic rings. The topological polar surface area (TPSA) is 64.1 Å². The number of aromatic nitrogens is 2. The van der Waals surface area contributed by atoms with Crippen molar-refractivity contribution in [2.75, 3.05) is 11.9 Å². The number of carbonyl (C=O) groups excluding carboxylic acids is 1. The van der Waals surface area contributed by atoms with Gasteiger partial charge in [-0.2, -0.15) is 0 Å². The molecule has 0 saturated carbocycles. The first-order chi connectivity index (χ1) is 10.5. The molecule has 2 rings (SSSR count). The minimum Gasteiger partial charge on any atom is -0.492 e. The first-order valence-electron chi connectivity index (χ1n) is 6.41. The standard InChI is InChI=1S/C14H12BrCl2N3O2/c15-9-3-4-11(10(16)8-9)22-7-1-2-14(21)18-13-6-5-12(17)19-20-13/h3-6,8H,1-2,7H2,(H,18,20,21). The molecule has 1 aromatic heterocycles. The molecule has 1 N–H and O–H groups in total. The van der Waals surface area contributed by atoms with Gasteiger partial charge in [-0.15, -0.1) is 10.2 Å². The molecule has 0 radical (unpaired) electrons. The Balaban J connectivity index is 1.72. The summed E-state index contributed by atoms with van der Waals surface area (Å²) in [5.74, 6) is 0.794. The predicted molar refractivity (Wildman–Crippen MR) is 89.6 cm³/mol. The van der Waals surface area contributed by atoms with Gasteiger partial charge in [-0.25, -0.2) is 0 Å². The first-order valence-corrected chi connectivity index (χ1v) is 7.96. The number of anilines is 1. The molecule has 1 amide bonds. The molecule has 0 saturated heterocycles. The Morgan fingerprint density at radius 3 is 2.73 bits per heavy atom. The summed E-state index contributed by atoms with van der Waals surface area (Å²) in [5, 5.41) is 10.8. The molecule has 0 fully saturated rings. The molecule has 0 aliphatic heterocycles. The highest BCUT2D eigenvalue weighted by Gasteiger charge is 2.06. The zero-order valence-electron chi connectivity index (χ0n) is 11.4. The summed E-state index contributed by atoms with van der Waals surface area (Å²) in [6, 6.07) is 8.51. The summed E-state index contributed by atoms with van der Waals surface area (Å²) in [5.41, 5.74) is 0. The molecule has 5 nitrogen and oxygen atoms in total. The maximum absolute atomic E-state index is 11.7. The number of hydrogen-bond donors (Lipinski definition) is 1. The maximum atomic E-state index is 11.7. The van der Waals surface area contributed by atoms with Crippen LogP contribution in [0.25, 0.3) is 0 Å². The lowest BCUT2D eigenvalue weighted by Crippen LogP contribution is -2.14. The third kappa shape index (κ3) is 5.44. The zero-order valence-corrected chi connectivity index (χ0v) is 14.5.